The van der Waals surface area contributed by atoms with E-state index in [1.54, 1.807) is 7.11 Å². The lowest BCUT2D eigenvalue weighted by atomic mass is 9.67. The van der Waals surface area contributed by atoms with Crippen LogP contribution in [0.5, 0.6) is 0 Å². The van der Waals surface area contributed by atoms with E-state index in [0.717, 1.165) is 12.8 Å². The van der Waals surface area contributed by atoms with Crippen molar-refractivity contribution in [3.63, 3.8) is 0 Å². The fraction of sp³-hybridized carbons (Fsp3) is 0.917. The molecule has 2 rings (SSSR count). The zero-order valence-electron chi connectivity index (χ0n) is 10.4. The lowest BCUT2D eigenvalue weighted by Gasteiger charge is -2.45. The van der Waals surface area contributed by atoms with Crippen molar-refractivity contribution >= 4 is 18.3 Å². The quantitative estimate of drug-likeness (QED) is 0.800. The number of carbonyl (C=O) groups excluding carboxylic acids is 1. The molecule has 4 nitrogen and oxygen atoms in total. The molecule has 2 fully saturated rings. The summed E-state index contributed by atoms with van der Waals surface area (Å²) in [5.41, 5.74) is 6.04. The third-order valence-corrected chi connectivity index (χ3v) is 3.98. The summed E-state index contributed by atoms with van der Waals surface area (Å²) >= 11 is 0. The monoisotopic (exact) mass is 262 g/mol. The summed E-state index contributed by atoms with van der Waals surface area (Å²) in [7, 11) is 1.55. The fourth-order valence-corrected chi connectivity index (χ4v) is 3.38. The number of rotatable bonds is 3. The predicted octanol–water partition coefficient (Wildman–Crippen LogP) is 1.08. The first-order chi connectivity index (χ1) is 7.70. The number of methoxy groups -OCH3 is 1. The molecule has 1 amide bonds. The van der Waals surface area contributed by atoms with E-state index in [4.69, 9.17) is 10.5 Å². The summed E-state index contributed by atoms with van der Waals surface area (Å²) in [5, 5.41) is 3.12. The second-order valence-electron chi connectivity index (χ2n) is 5.21. The fourth-order valence-electron chi connectivity index (χ4n) is 3.38. The Hall–Kier alpha value is -0.320. The van der Waals surface area contributed by atoms with Gasteiger partial charge in [0.15, 0.2) is 0 Å². The third kappa shape index (κ3) is 3.57. The number of nitrogens with one attached hydrogen (secondary N) is 1. The molecule has 0 spiro atoms. The number of carbonyl (C=O) groups is 1. The van der Waals surface area contributed by atoms with E-state index in [2.05, 4.69) is 5.32 Å². The maximum atomic E-state index is 11.6. The van der Waals surface area contributed by atoms with Gasteiger partial charge in [-0.3, -0.25) is 4.79 Å². The van der Waals surface area contributed by atoms with E-state index >= 15 is 0 Å². The van der Waals surface area contributed by atoms with E-state index in [1.165, 1.54) is 19.3 Å². The van der Waals surface area contributed by atoms with Gasteiger partial charge in [-0.05, 0) is 37.5 Å². The van der Waals surface area contributed by atoms with Crippen LogP contribution in [0, 0.1) is 11.8 Å². The number of halogens is 1. The third-order valence-electron chi connectivity index (χ3n) is 3.98. The van der Waals surface area contributed by atoms with Crippen LogP contribution < -0.4 is 11.1 Å². The number of amides is 1. The number of fused-ring (bicyclic) bond motifs is 2. The van der Waals surface area contributed by atoms with Gasteiger partial charge in [-0.15, -0.1) is 12.4 Å². The molecule has 2 aliphatic carbocycles. The molecule has 2 atom stereocenters. The first kappa shape index (κ1) is 14.7. The SMILES string of the molecule is COCC(=O)NC1C2CCCC1CC(N)C2.Cl. The van der Waals surface area contributed by atoms with Crippen molar-refractivity contribution < 1.29 is 9.53 Å². The molecule has 5 heteroatoms. The minimum Gasteiger partial charge on any atom is -0.375 e. The highest BCUT2D eigenvalue weighted by Crippen LogP contribution is 2.39. The summed E-state index contributed by atoms with van der Waals surface area (Å²) < 4.78 is 4.85. The van der Waals surface area contributed by atoms with Crippen LogP contribution in [0.25, 0.3) is 0 Å². The average molecular weight is 263 g/mol. The standard InChI is InChI=1S/C12H22N2O2.ClH/c1-16-7-11(15)14-12-8-3-2-4-9(12)6-10(13)5-8;/h8-10,12H,2-7,13H2,1H3,(H,14,15);1H. The average Bonchev–Trinajstić information content (AvgIpc) is 2.19. The largest absolute Gasteiger partial charge is 0.375 e. The van der Waals surface area contributed by atoms with Gasteiger partial charge < -0.3 is 15.8 Å². The Kier molecular flexibility index (Phi) is 5.70. The first-order valence-electron chi connectivity index (χ1n) is 6.24. The second-order valence-corrected chi connectivity index (χ2v) is 5.21. The summed E-state index contributed by atoms with van der Waals surface area (Å²) in [6.45, 7) is 0.169. The van der Waals surface area contributed by atoms with Crippen LogP contribution in [-0.2, 0) is 9.53 Å². The summed E-state index contributed by atoms with van der Waals surface area (Å²) in [4.78, 5) is 11.6. The van der Waals surface area contributed by atoms with Crippen LogP contribution in [0.2, 0.25) is 0 Å². The van der Waals surface area contributed by atoms with Gasteiger partial charge >= 0.3 is 0 Å². The molecule has 2 aliphatic rings. The smallest absolute Gasteiger partial charge is 0.246 e. The summed E-state index contributed by atoms with van der Waals surface area (Å²) in [6, 6.07) is 0.682. The Morgan fingerprint density at radius 1 is 1.35 bits per heavy atom. The lowest BCUT2D eigenvalue weighted by Crippen LogP contribution is -2.54. The second kappa shape index (κ2) is 6.57. The topological polar surface area (TPSA) is 64.3 Å². The van der Waals surface area contributed by atoms with E-state index in [0.29, 0.717) is 23.9 Å². The van der Waals surface area contributed by atoms with Crippen molar-refractivity contribution in [1.82, 2.24) is 5.32 Å². The van der Waals surface area contributed by atoms with Crippen molar-refractivity contribution in [3.05, 3.63) is 0 Å². The molecular weight excluding hydrogens is 240 g/mol. The molecule has 0 aliphatic heterocycles. The Morgan fingerprint density at radius 3 is 2.47 bits per heavy atom. The number of hydrogen-bond acceptors (Lipinski definition) is 3. The molecule has 2 unspecified atom stereocenters. The highest BCUT2D eigenvalue weighted by molar-refractivity contribution is 5.85. The van der Waals surface area contributed by atoms with Gasteiger partial charge in [0.2, 0.25) is 5.91 Å². The molecule has 100 valence electrons. The molecule has 0 aromatic rings. The van der Waals surface area contributed by atoms with Crippen molar-refractivity contribution in [2.45, 2.75) is 44.2 Å². The minimum atomic E-state index is 0. The van der Waals surface area contributed by atoms with Crippen LogP contribution in [0.3, 0.4) is 0 Å². The Balaban J connectivity index is 0.00000144. The molecule has 2 saturated carbocycles. The van der Waals surface area contributed by atoms with Gasteiger partial charge in [0.1, 0.15) is 6.61 Å². The molecule has 2 bridgehead atoms. The van der Waals surface area contributed by atoms with E-state index in [-0.39, 0.29) is 24.9 Å². The summed E-state index contributed by atoms with van der Waals surface area (Å²) in [5.74, 6) is 1.19. The Morgan fingerprint density at radius 2 is 1.94 bits per heavy atom. The Bertz CT molecular complexity index is 249. The molecule has 17 heavy (non-hydrogen) atoms. The number of hydrogen-bond donors (Lipinski definition) is 2. The van der Waals surface area contributed by atoms with E-state index < -0.39 is 0 Å². The van der Waals surface area contributed by atoms with Crippen LogP contribution >= 0.6 is 12.4 Å². The van der Waals surface area contributed by atoms with Crippen molar-refractivity contribution in [3.8, 4) is 0 Å². The van der Waals surface area contributed by atoms with Crippen LogP contribution in [0.4, 0.5) is 0 Å². The maximum Gasteiger partial charge on any atom is 0.246 e. The molecule has 3 N–H and O–H groups in total. The molecule has 0 radical (unpaired) electrons. The van der Waals surface area contributed by atoms with Gasteiger partial charge in [0.25, 0.3) is 0 Å². The Labute approximate surface area is 109 Å². The van der Waals surface area contributed by atoms with Crippen LogP contribution in [0.1, 0.15) is 32.1 Å². The van der Waals surface area contributed by atoms with Crippen molar-refractivity contribution in [2.75, 3.05) is 13.7 Å². The van der Waals surface area contributed by atoms with Gasteiger partial charge in [-0.25, -0.2) is 0 Å². The van der Waals surface area contributed by atoms with Crippen LogP contribution in [-0.4, -0.2) is 31.7 Å². The molecule has 0 aromatic carbocycles. The van der Waals surface area contributed by atoms with Gasteiger partial charge in [0.05, 0.1) is 0 Å². The molecule has 0 heterocycles. The van der Waals surface area contributed by atoms with Gasteiger partial charge in [-0.1, -0.05) is 6.42 Å². The van der Waals surface area contributed by atoms with E-state index in [9.17, 15) is 4.79 Å². The first-order valence-corrected chi connectivity index (χ1v) is 6.24. The normalized spacial score (nSPS) is 35.9. The highest BCUT2D eigenvalue weighted by atomic mass is 35.5. The zero-order valence-corrected chi connectivity index (χ0v) is 11.2. The van der Waals surface area contributed by atoms with Crippen molar-refractivity contribution in [2.24, 2.45) is 17.6 Å². The summed E-state index contributed by atoms with van der Waals surface area (Å²) in [6.07, 6.45) is 5.84. The van der Waals surface area contributed by atoms with Gasteiger partial charge in [-0.2, -0.15) is 0 Å². The number of ether oxygens (including phenoxy) is 1. The minimum absolute atomic E-state index is 0. The number of nitrogens with two attached hydrogens (primary N) is 1. The molecular formula is C12H23ClN2O2. The molecule has 0 aromatic heterocycles. The van der Waals surface area contributed by atoms with Crippen LogP contribution in [0.15, 0.2) is 0 Å². The van der Waals surface area contributed by atoms with E-state index in [1.807, 2.05) is 0 Å². The lowest BCUT2D eigenvalue weighted by molar-refractivity contribution is -0.127. The van der Waals surface area contributed by atoms with Crippen molar-refractivity contribution in [1.29, 1.82) is 0 Å². The maximum absolute atomic E-state index is 11.6. The van der Waals surface area contributed by atoms with Gasteiger partial charge in [0, 0.05) is 19.2 Å². The highest BCUT2D eigenvalue weighted by Gasteiger charge is 2.39. The zero-order chi connectivity index (χ0) is 11.5. The predicted molar refractivity (Wildman–Crippen MR) is 69.1 cm³/mol. The molecule has 0 saturated heterocycles.